The third-order valence-electron chi connectivity index (χ3n) is 1.01. The zero-order valence-electron chi connectivity index (χ0n) is 6.07. The number of nitrogens with zero attached hydrogens (tertiary/aromatic N) is 1. The highest BCUT2D eigenvalue weighted by molar-refractivity contribution is 7.12. The van der Waals surface area contributed by atoms with Gasteiger partial charge in [-0.25, -0.2) is 0 Å². The van der Waals surface area contributed by atoms with Gasteiger partial charge in [-0.2, -0.15) is 5.10 Å². The lowest BCUT2D eigenvalue weighted by atomic mass is 10.4. The molecule has 1 aromatic rings. The molecule has 62 valence electrons. The van der Waals surface area contributed by atoms with Crippen LogP contribution < -0.4 is 11.2 Å². The van der Waals surface area contributed by atoms with Crippen LogP contribution in [0.4, 0.5) is 0 Å². The van der Waals surface area contributed by atoms with Crippen LogP contribution in [0.5, 0.6) is 0 Å². The molecule has 0 amide bonds. The smallest absolute Gasteiger partial charge is 0.160 e. The van der Waals surface area contributed by atoms with Gasteiger partial charge in [0.2, 0.25) is 0 Å². The predicted molar refractivity (Wildman–Crippen MR) is 51.4 cm³/mol. The number of halogens is 1. The summed E-state index contributed by atoms with van der Waals surface area (Å²) in [5.41, 5.74) is 8.17. The van der Waals surface area contributed by atoms with Crippen LogP contribution in [0.25, 0.3) is 0 Å². The highest BCUT2D eigenvalue weighted by Gasteiger charge is 1.95. The second-order valence-corrected chi connectivity index (χ2v) is 2.65. The fourth-order valence-electron chi connectivity index (χ4n) is 0.600. The third-order valence-corrected chi connectivity index (χ3v) is 1.90. The van der Waals surface area contributed by atoms with Gasteiger partial charge in [-0.3, -0.25) is 0 Å². The molecule has 5 heteroatoms. The molecule has 3 N–H and O–H groups in total. The average molecular weight is 192 g/mol. The molecular formula is C6H10ClN3S. The molecule has 0 aliphatic carbocycles. The maximum Gasteiger partial charge on any atom is 0.160 e. The Morgan fingerprint density at radius 3 is 2.91 bits per heavy atom. The average Bonchev–Trinajstić information content (AvgIpc) is 2.38. The summed E-state index contributed by atoms with van der Waals surface area (Å²) >= 11 is 1.58. The van der Waals surface area contributed by atoms with Gasteiger partial charge < -0.3 is 11.2 Å². The van der Waals surface area contributed by atoms with Crippen molar-refractivity contribution in [3.05, 3.63) is 22.4 Å². The molecule has 0 bridgehead atoms. The molecule has 0 saturated heterocycles. The number of hydrogen-bond donors (Lipinski definition) is 2. The SMILES string of the molecule is CNN=C(N)c1cccs1.Cl. The summed E-state index contributed by atoms with van der Waals surface area (Å²) < 4.78 is 0. The number of nitrogens with two attached hydrogens (primary N) is 1. The number of hydrazone groups is 1. The first-order valence-electron chi connectivity index (χ1n) is 2.88. The number of rotatable bonds is 2. The van der Waals surface area contributed by atoms with Crippen molar-refractivity contribution in [2.75, 3.05) is 7.05 Å². The van der Waals surface area contributed by atoms with Gasteiger partial charge in [0.1, 0.15) is 0 Å². The molecule has 0 aliphatic rings. The van der Waals surface area contributed by atoms with Crippen LogP contribution in [-0.4, -0.2) is 12.9 Å². The fourth-order valence-corrected chi connectivity index (χ4v) is 1.23. The van der Waals surface area contributed by atoms with E-state index in [2.05, 4.69) is 10.5 Å². The second-order valence-electron chi connectivity index (χ2n) is 1.70. The van der Waals surface area contributed by atoms with E-state index < -0.39 is 0 Å². The number of hydrogen-bond acceptors (Lipinski definition) is 3. The second kappa shape index (κ2) is 4.98. The van der Waals surface area contributed by atoms with Crippen molar-refractivity contribution in [1.29, 1.82) is 0 Å². The monoisotopic (exact) mass is 191 g/mol. The molecule has 0 atom stereocenters. The van der Waals surface area contributed by atoms with Crippen LogP contribution in [0.2, 0.25) is 0 Å². The van der Waals surface area contributed by atoms with Crippen molar-refractivity contribution < 1.29 is 0 Å². The topological polar surface area (TPSA) is 50.4 Å². The Morgan fingerprint density at radius 2 is 2.45 bits per heavy atom. The summed E-state index contributed by atoms with van der Waals surface area (Å²) in [5, 5.41) is 5.79. The fraction of sp³-hybridized carbons (Fsp3) is 0.167. The summed E-state index contributed by atoms with van der Waals surface area (Å²) in [6, 6.07) is 3.87. The van der Waals surface area contributed by atoms with E-state index in [0.717, 1.165) is 4.88 Å². The summed E-state index contributed by atoms with van der Waals surface area (Å²) in [7, 11) is 1.72. The predicted octanol–water partition coefficient (Wildman–Crippen LogP) is 1.01. The van der Waals surface area contributed by atoms with Crippen molar-refractivity contribution in [2.45, 2.75) is 0 Å². The van der Waals surface area contributed by atoms with Crippen LogP contribution in [0, 0.1) is 0 Å². The van der Waals surface area contributed by atoms with Gasteiger partial charge in [0.25, 0.3) is 0 Å². The van der Waals surface area contributed by atoms with E-state index in [4.69, 9.17) is 5.73 Å². The molecule has 1 rings (SSSR count). The number of nitrogens with one attached hydrogen (secondary N) is 1. The summed E-state index contributed by atoms with van der Waals surface area (Å²) in [6.07, 6.45) is 0. The molecule has 3 nitrogen and oxygen atoms in total. The molecule has 0 saturated carbocycles. The van der Waals surface area contributed by atoms with Crippen molar-refractivity contribution in [1.82, 2.24) is 5.43 Å². The Kier molecular flexibility index (Phi) is 4.65. The van der Waals surface area contributed by atoms with Gasteiger partial charge in [-0.1, -0.05) is 6.07 Å². The first-order chi connectivity index (χ1) is 4.84. The minimum atomic E-state index is 0. The molecule has 1 aromatic heterocycles. The van der Waals surface area contributed by atoms with E-state index in [1.165, 1.54) is 0 Å². The lowest BCUT2D eigenvalue weighted by Crippen LogP contribution is -2.15. The zero-order chi connectivity index (χ0) is 7.40. The number of amidine groups is 1. The maximum atomic E-state index is 5.55. The largest absolute Gasteiger partial charge is 0.381 e. The maximum absolute atomic E-state index is 5.55. The molecule has 0 aromatic carbocycles. The van der Waals surface area contributed by atoms with Crippen LogP contribution in [0.3, 0.4) is 0 Å². The quantitative estimate of drug-likeness (QED) is 0.417. The zero-order valence-corrected chi connectivity index (χ0v) is 7.71. The van der Waals surface area contributed by atoms with E-state index in [0.29, 0.717) is 5.84 Å². The van der Waals surface area contributed by atoms with Gasteiger partial charge >= 0.3 is 0 Å². The third kappa shape index (κ3) is 2.78. The summed E-state index contributed by atoms with van der Waals surface area (Å²) in [5.74, 6) is 0.539. The minimum absolute atomic E-state index is 0. The van der Waals surface area contributed by atoms with E-state index >= 15 is 0 Å². The molecule has 0 radical (unpaired) electrons. The van der Waals surface area contributed by atoms with Crippen LogP contribution in [0.15, 0.2) is 22.6 Å². The van der Waals surface area contributed by atoms with Crippen LogP contribution in [0.1, 0.15) is 4.88 Å². The summed E-state index contributed by atoms with van der Waals surface area (Å²) in [6.45, 7) is 0. The highest BCUT2D eigenvalue weighted by atomic mass is 35.5. The Bertz CT molecular complexity index is 220. The van der Waals surface area contributed by atoms with E-state index in [1.807, 2.05) is 17.5 Å². The Hall–Kier alpha value is -0.740. The lowest BCUT2D eigenvalue weighted by molar-refractivity contribution is 0.899. The summed E-state index contributed by atoms with van der Waals surface area (Å²) in [4.78, 5) is 0.995. The Balaban J connectivity index is 0.000001000. The molecule has 0 unspecified atom stereocenters. The molecule has 0 aliphatic heterocycles. The van der Waals surface area contributed by atoms with Crippen molar-refractivity contribution in [3.63, 3.8) is 0 Å². The van der Waals surface area contributed by atoms with Crippen molar-refractivity contribution >= 4 is 29.6 Å². The highest BCUT2D eigenvalue weighted by Crippen LogP contribution is 2.06. The Labute approximate surface area is 75.7 Å². The van der Waals surface area contributed by atoms with Gasteiger partial charge in [0.05, 0.1) is 4.88 Å². The van der Waals surface area contributed by atoms with Gasteiger partial charge in [-0.05, 0) is 11.4 Å². The first kappa shape index (κ1) is 10.3. The van der Waals surface area contributed by atoms with Crippen molar-refractivity contribution in [3.8, 4) is 0 Å². The molecule has 0 fully saturated rings. The van der Waals surface area contributed by atoms with Crippen molar-refractivity contribution in [2.24, 2.45) is 10.8 Å². The van der Waals surface area contributed by atoms with Crippen LogP contribution >= 0.6 is 23.7 Å². The van der Waals surface area contributed by atoms with Gasteiger partial charge in [-0.15, -0.1) is 23.7 Å². The molecular weight excluding hydrogens is 182 g/mol. The van der Waals surface area contributed by atoms with Crippen LogP contribution in [-0.2, 0) is 0 Å². The standard InChI is InChI=1S/C6H9N3S.ClH/c1-8-9-6(7)5-3-2-4-10-5;/h2-4,8H,1H3,(H2,7,9);1H. The number of thiophene rings is 1. The van der Waals surface area contributed by atoms with Gasteiger partial charge in [0.15, 0.2) is 5.84 Å². The lowest BCUT2D eigenvalue weighted by Gasteiger charge is -1.93. The normalized spacial score (nSPS) is 10.5. The Morgan fingerprint density at radius 1 is 1.73 bits per heavy atom. The minimum Gasteiger partial charge on any atom is -0.381 e. The molecule has 1 heterocycles. The van der Waals surface area contributed by atoms with E-state index in [9.17, 15) is 0 Å². The first-order valence-corrected chi connectivity index (χ1v) is 3.76. The van der Waals surface area contributed by atoms with E-state index in [-0.39, 0.29) is 12.4 Å². The van der Waals surface area contributed by atoms with Gasteiger partial charge in [0, 0.05) is 7.05 Å². The van der Waals surface area contributed by atoms with E-state index in [1.54, 1.807) is 18.4 Å². The molecule has 0 spiro atoms. The molecule has 11 heavy (non-hydrogen) atoms.